The van der Waals surface area contributed by atoms with Crippen LogP contribution in [0.25, 0.3) is 0 Å². The van der Waals surface area contributed by atoms with Gasteiger partial charge in [-0.25, -0.2) is 8.78 Å². The van der Waals surface area contributed by atoms with Crippen LogP contribution in [0.15, 0.2) is 23.1 Å². The highest BCUT2D eigenvalue weighted by molar-refractivity contribution is 8.00. The van der Waals surface area contributed by atoms with E-state index in [-0.39, 0.29) is 11.7 Å². The number of carbonyl (C=O) groups excluding carboxylic acids is 1. The van der Waals surface area contributed by atoms with Gasteiger partial charge < -0.3 is 10.6 Å². The maximum atomic E-state index is 12.9. The van der Waals surface area contributed by atoms with Crippen molar-refractivity contribution in [2.45, 2.75) is 4.90 Å². The smallest absolute Gasteiger partial charge is 0.230 e. The molecule has 0 aliphatic carbocycles. The minimum atomic E-state index is -0.898. The van der Waals surface area contributed by atoms with Crippen LogP contribution >= 0.6 is 11.8 Å². The van der Waals surface area contributed by atoms with Gasteiger partial charge in [0.2, 0.25) is 5.91 Å². The quantitative estimate of drug-likeness (QED) is 0.600. The maximum absolute atomic E-state index is 12.9. The SMILES string of the molecule is CNCCNC(=O)CSc1ccc(F)c(F)c1. The molecule has 1 rings (SSSR count). The molecule has 94 valence electrons. The van der Waals surface area contributed by atoms with E-state index in [0.29, 0.717) is 18.0 Å². The molecule has 0 aliphatic rings. The molecule has 0 unspecified atom stereocenters. The Bertz CT molecular complexity index is 388. The lowest BCUT2D eigenvalue weighted by molar-refractivity contribution is -0.118. The van der Waals surface area contributed by atoms with Crippen LogP contribution in [-0.2, 0) is 4.79 Å². The number of nitrogens with one attached hydrogen (secondary N) is 2. The van der Waals surface area contributed by atoms with Gasteiger partial charge >= 0.3 is 0 Å². The third-order valence-corrected chi connectivity index (χ3v) is 2.95. The largest absolute Gasteiger partial charge is 0.354 e. The number of likely N-dealkylation sites (N-methyl/N-ethyl adjacent to an activating group) is 1. The van der Waals surface area contributed by atoms with Crippen LogP contribution in [-0.4, -0.2) is 31.8 Å². The van der Waals surface area contributed by atoms with Gasteiger partial charge in [-0.1, -0.05) is 0 Å². The number of hydrogen-bond donors (Lipinski definition) is 2. The van der Waals surface area contributed by atoms with Gasteiger partial charge in [-0.2, -0.15) is 0 Å². The van der Waals surface area contributed by atoms with Crippen LogP contribution in [0.1, 0.15) is 0 Å². The first-order valence-corrected chi connectivity index (χ1v) is 6.11. The molecule has 0 radical (unpaired) electrons. The summed E-state index contributed by atoms with van der Waals surface area (Å²) in [5, 5.41) is 5.59. The second kappa shape index (κ2) is 7.24. The van der Waals surface area contributed by atoms with E-state index < -0.39 is 11.6 Å². The van der Waals surface area contributed by atoms with E-state index in [1.165, 1.54) is 17.8 Å². The normalized spacial score (nSPS) is 10.3. The van der Waals surface area contributed by atoms with Gasteiger partial charge in [-0.05, 0) is 25.2 Å². The number of halogens is 2. The van der Waals surface area contributed by atoms with Crippen molar-refractivity contribution in [1.82, 2.24) is 10.6 Å². The first-order chi connectivity index (χ1) is 8.13. The van der Waals surface area contributed by atoms with Crippen molar-refractivity contribution in [2.24, 2.45) is 0 Å². The summed E-state index contributed by atoms with van der Waals surface area (Å²) in [6, 6.07) is 3.58. The highest BCUT2D eigenvalue weighted by atomic mass is 32.2. The predicted octanol–water partition coefficient (Wildman–Crippen LogP) is 1.39. The van der Waals surface area contributed by atoms with Gasteiger partial charge in [-0.3, -0.25) is 4.79 Å². The molecule has 0 aliphatic heterocycles. The number of amides is 1. The van der Waals surface area contributed by atoms with Gasteiger partial charge in [-0.15, -0.1) is 11.8 Å². The summed E-state index contributed by atoms with van der Waals surface area (Å²) in [4.78, 5) is 11.9. The van der Waals surface area contributed by atoms with Crippen LogP contribution in [0.2, 0.25) is 0 Å². The topological polar surface area (TPSA) is 41.1 Å². The first-order valence-electron chi connectivity index (χ1n) is 5.12. The fourth-order valence-electron chi connectivity index (χ4n) is 1.09. The van der Waals surface area contributed by atoms with Crippen molar-refractivity contribution in [2.75, 3.05) is 25.9 Å². The molecular weight excluding hydrogens is 246 g/mol. The molecule has 17 heavy (non-hydrogen) atoms. The molecule has 0 spiro atoms. The van der Waals surface area contributed by atoms with Crippen LogP contribution in [0.5, 0.6) is 0 Å². The maximum Gasteiger partial charge on any atom is 0.230 e. The van der Waals surface area contributed by atoms with Gasteiger partial charge in [0.15, 0.2) is 11.6 Å². The van der Waals surface area contributed by atoms with Crippen LogP contribution < -0.4 is 10.6 Å². The van der Waals surface area contributed by atoms with E-state index in [0.717, 1.165) is 12.1 Å². The monoisotopic (exact) mass is 260 g/mol. The lowest BCUT2D eigenvalue weighted by Gasteiger charge is -2.04. The molecular formula is C11H14F2N2OS. The highest BCUT2D eigenvalue weighted by Crippen LogP contribution is 2.19. The first kappa shape index (κ1) is 13.9. The van der Waals surface area contributed by atoms with E-state index in [4.69, 9.17) is 0 Å². The summed E-state index contributed by atoms with van der Waals surface area (Å²) in [6.45, 7) is 1.25. The standard InChI is InChI=1S/C11H14F2N2OS/c1-14-4-5-15-11(16)7-17-8-2-3-9(12)10(13)6-8/h2-3,6,14H,4-5,7H2,1H3,(H,15,16). The van der Waals surface area contributed by atoms with Gasteiger partial charge in [0.05, 0.1) is 5.75 Å². The molecule has 2 N–H and O–H groups in total. The zero-order valence-corrected chi connectivity index (χ0v) is 10.2. The minimum Gasteiger partial charge on any atom is -0.354 e. The molecule has 0 heterocycles. The molecule has 0 saturated heterocycles. The Kier molecular flexibility index (Phi) is 5.93. The van der Waals surface area contributed by atoms with Gasteiger partial charge in [0, 0.05) is 18.0 Å². The Morgan fingerprint density at radius 1 is 1.29 bits per heavy atom. The number of carbonyl (C=O) groups is 1. The van der Waals surface area contributed by atoms with Crippen LogP contribution in [0.4, 0.5) is 8.78 Å². The average Bonchev–Trinajstić information content (AvgIpc) is 2.31. The summed E-state index contributed by atoms with van der Waals surface area (Å²) in [5.41, 5.74) is 0. The zero-order chi connectivity index (χ0) is 12.7. The second-order valence-electron chi connectivity index (χ2n) is 3.32. The van der Waals surface area contributed by atoms with Crippen molar-refractivity contribution in [3.63, 3.8) is 0 Å². The third-order valence-electron chi connectivity index (χ3n) is 1.96. The lowest BCUT2D eigenvalue weighted by atomic mass is 10.3. The average molecular weight is 260 g/mol. The van der Waals surface area contributed by atoms with Crippen molar-refractivity contribution in [3.05, 3.63) is 29.8 Å². The Balaban J connectivity index is 2.34. The Morgan fingerprint density at radius 2 is 2.06 bits per heavy atom. The molecule has 6 heteroatoms. The fraction of sp³-hybridized carbons (Fsp3) is 0.364. The molecule has 0 bridgehead atoms. The molecule has 0 aromatic heterocycles. The molecule has 3 nitrogen and oxygen atoms in total. The van der Waals surface area contributed by atoms with E-state index in [2.05, 4.69) is 10.6 Å². The molecule has 0 atom stereocenters. The van der Waals surface area contributed by atoms with Crippen LogP contribution in [0.3, 0.4) is 0 Å². The zero-order valence-electron chi connectivity index (χ0n) is 9.43. The Hall–Kier alpha value is -1.14. The molecule has 1 aromatic rings. The Labute approximate surface area is 103 Å². The van der Waals surface area contributed by atoms with Crippen LogP contribution in [0, 0.1) is 11.6 Å². The van der Waals surface area contributed by atoms with Crippen molar-refractivity contribution in [1.29, 1.82) is 0 Å². The van der Waals surface area contributed by atoms with Crippen molar-refractivity contribution < 1.29 is 13.6 Å². The van der Waals surface area contributed by atoms with E-state index in [1.807, 2.05) is 0 Å². The third kappa shape index (κ3) is 5.14. The second-order valence-corrected chi connectivity index (χ2v) is 4.37. The lowest BCUT2D eigenvalue weighted by Crippen LogP contribution is -2.31. The number of rotatable bonds is 6. The summed E-state index contributed by atoms with van der Waals surface area (Å²) in [5.74, 6) is -1.72. The summed E-state index contributed by atoms with van der Waals surface area (Å²) >= 11 is 1.17. The predicted molar refractivity (Wildman–Crippen MR) is 64.0 cm³/mol. The minimum absolute atomic E-state index is 0.130. The molecule has 0 fully saturated rings. The van der Waals surface area contributed by atoms with Gasteiger partial charge in [0.25, 0.3) is 0 Å². The molecule has 0 saturated carbocycles. The highest BCUT2D eigenvalue weighted by Gasteiger charge is 2.05. The summed E-state index contributed by atoms with van der Waals surface area (Å²) in [6.07, 6.45) is 0. The Morgan fingerprint density at radius 3 is 2.71 bits per heavy atom. The summed E-state index contributed by atoms with van der Waals surface area (Å²) in [7, 11) is 1.79. The molecule has 1 amide bonds. The van der Waals surface area contributed by atoms with E-state index in [9.17, 15) is 13.6 Å². The summed E-state index contributed by atoms with van der Waals surface area (Å²) < 4.78 is 25.5. The number of hydrogen-bond acceptors (Lipinski definition) is 3. The fourth-order valence-corrected chi connectivity index (χ4v) is 1.84. The van der Waals surface area contributed by atoms with E-state index >= 15 is 0 Å². The van der Waals surface area contributed by atoms with E-state index in [1.54, 1.807) is 7.05 Å². The van der Waals surface area contributed by atoms with Gasteiger partial charge in [0.1, 0.15) is 0 Å². The number of thioether (sulfide) groups is 1. The van der Waals surface area contributed by atoms with Crippen molar-refractivity contribution >= 4 is 17.7 Å². The molecule has 1 aromatic carbocycles. The number of benzene rings is 1. The van der Waals surface area contributed by atoms with Crippen molar-refractivity contribution in [3.8, 4) is 0 Å².